The Morgan fingerprint density at radius 2 is 1.76 bits per heavy atom. The largest absolute Gasteiger partial charge is 0.350 e. The summed E-state index contributed by atoms with van der Waals surface area (Å²) in [5.41, 5.74) is 4.81. The van der Waals surface area contributed by atoms with Crippen molar-refractivity contribution in [3.8, 4) is 0 Å². The number of benzene rings is 2. The van der Waals surface area contributed by atoms with E-state index >= 15 is 0 Å². The second kappa shape index (κ2) is 10.3. The van der Waals surface area contributed by atoms with Crippen LogP contribution in [0.4, 0.5) is 10.1 Å². The molecule has 3 aromatic rings. The molecule has 1 aromatic heterocycles. The second-order valence-electron chi connectivity index (χ2n) is 9.35. The summed E-state index contributed by atoms with van der Waals surface area (Å²) in [6.45, 7) is 4.07. The van der Waals surface area contributed by atoms with Crippen molar-refractivity contribution >= 4 is 34.9 Å². The molecule has 3 heterocycles. The van der Waals surface area contributed by atoms with E-state index in [1.165, 1.54) is 11.1 Å². The van der Waals surface area contributed by atoms with Gasteiger partial charge in [-0.1, -0.05) is 18.2 Å². The van der Waals surface area contributed by atoms with Crippen LogP contribution in [0.3, 0.4) is 0 Å². The first-order valence-corrected chi connectivity index (χ1v) is 12.0. The average Bonchev–Trinajstić information content (AvgIpc) is 3.13. The van der Waals surface area contributed by atoms with E-state index in [0.717, 1.165) is 74.9 Å². The second-order valence-corrected chi connectivity index (χ2v) is 9.35. The zero-order chi connectivity index (χ0) is 22.1. The third kappa shape index (κ3) is 4.95. The Bertz CT molecular complexity index is 1120. The van der Waals surface area contributed by atoms with Crippen LogP contribution in [0.15, 0.2) is 48.7 Å². The van der Waals surface area contributed by atoms with Crippen molar-refractivity contribution < 1.29 is 9.18 Å². The predicted octanol–water partition coefficient (Wildman–Crippen LogP) is 5.68. The van der Waals surface area contributed by atoms with E-state index in [1.807, 2.05) is 24.1 Å². The van der Waals surface area contributed by atoms with E-state index in [1.54, 1.807) is 12.1 Å². The van der Waals surface area contributed by atoms with Gasteiger partial charge in [-0.15, -0.1) is 12.4 Å². The number of hydrogen-bond donors (Lipinski definition) is 0. The SMILES string of the molecule is Cl.Cn1cc(C2CCN(CCCCN3C(=O)CCc4ccccc43)CC2)c2cc(F)ccc21. The molecule has 2 aliphatic heterocycles. The Balaban J connectivity index is 0.00000259. The number of fused-ring (bicyclic) bond motifs is 2. The van der Waals surface area contributed by atoms with Gasteiger partial charge in [-0.05, 0) is 93.0 Å². The summed E-state index contributed by atoms with van der Waals surface area (Å²) in [7, 11) is 2.05. The highest BCUT2D eigenvalue weighted by molar-refractivity contribution is 5.96. The molecular weight excluding hydrogens is 437 g/mol. The smallest absolute Gasteiger partial charge is 0.227 e. The molecule has 0 radical (unpaired) electrons. The van der Waals surface area contributed by atoms with E-state index in [4.69, 9.17) is 0 Å². The van der Waals surface area contributed by atoms with Gasteiger partial charge in [0.25, 0.3) is 0 Å². The van der Waals surface area contributed by atoms with E-state index < -0.39 is 0 Å². The highest BCUT2D eigenvalue weighted by atomic mass is 35.5. The molecular formula is C27H33ClFN3O. The third-order valence-corrected chi connectivity index (χ3v) is 7.31. The summed E-state index contributed by atoms with van der Waals surface area (Å²) < 4.78 is 15.9. The van der Waals surface area contributed by atoms with Crippen LogP contribution < -0.4 is 4.90 Å². The number of unbranched alkanes of at least 4 members (excludes halogenated alkanes) is 1. The highest BCUT2D eigenvalue weighted by Gasteiger charge is 2.25. The number of carbonyl (C=O) groups is 1. The van der Waals surface area contributed by atoms with Crippen molar-refractivity contribution in [2.24, 2.45) is 7.05 Å². The zero-order valence-electron chi connectivity index (χ0n) is 19.3. The van der Waals surface area contributed by atoms with Gasteiger partial charge in [0.2, 0.25) is 5.91 Å². The molecule has 1 amide bonds. The van der Waals surface area contributed by atoms with Gasteiger partial charge in [0, 0.05) is 42.8 Å². The molecule has 0 saturated carbocycles. The Morgan fingerprint density at radius 3 is 2.58 bits per heavy atom. The first-order valence-electron chi connectivity index (χ1n) is 12.0. The van der Waals surface area contributed by atoms with Crippen molar-refractivity contribution in [2.45, 2.75) is 44.4 Å². The molecule has 0 aliphatic carbocycles. The summed E-state index contributed by atoms with van der Waals surface area (Å²) in [4.78, 5) is 17.0. The molecule has 176 valence electrons. The minimum absolute atomic E-state index is 0. The van der Waals surface area contributed by atoms with Crippen LogP contribution in [0.5, 0.6) is 0 Å². The molecule has 2 aromatic carbocycles. The Hall–Kier alpha value is -2.37. The Labute approximate surface area is 201 Å². The fraction of sp³-hybridized carbons (Fsp3) is 0.444. The summed E-state index contributed by atoms with van der Waals surface area (Å²) in [5.74, 6) is 0.604. The van der Waals surface area contributed by atoms with Crippen LogP contribution in [-0.4, -0.2) is 41.6 Å². The maximum Gasteiger partial charge on any atom is 0.227 e. The van der Waals surface area contributed by atoms with E-state index in [-0.39, 0.29) is 24.1 Å². The van der Waals surface area contributed by atoms with E-state index in [0.29, 0.717) is 12.3 Å². The van der Waals surface area contributed by atoms with Crippen molar-refractivity contribution in [2.75, 3.05) is 31.1 Å². The fourth-order valence-corrected chi connectivity index (χ4v) is 5.53. The molecule has 0 bridgehead atoms. The molecule has 5 rings (SSSR count). The molecule has 0 unspecified atom stereocenters. The number of para-hydroxylation sites is 1. The number of aryl methyl sites for hydroxylation is 2. The molecule has 2 aliphatic rings. The van der Waals surface area contributed by atoms with Crippen LogP contribution in [0.1, 0.15) is 49.1 Å². The van der Waals surface area contributed by atoms with Crippen LogP contribution in [0.25, 0.3) is 10.9 Å². The molecule has 0 atom stereocenters. The fourth-order valence-electron chi connectivity index (χ4n) is 5.53. The van der Waals surface area contributed by atoms with Crippen LogP contribution in [0, 0.1) is 5.82 Å². The first kappa shape index (κ1) is 23.8. The lowest BCUT2D eigenvalue weighted by Gasteiger charge is -2.32. The van der Waals surface area contributed by atoms with Crippen LogP contribution >= 0.6 is 12.4 Å². The Morgan fingerprint density at radius 1 is 1.00 bits per heavy atom. The lowest BCUT2D eigenvalue weighted by molar-refractivity contribution is -0.118. The number of amides is 1. The summed E-state index contributed by atoms with van der Waals surface area (Å²) >= 11 is 0. The molecule has 4 nitrogen and oxygen atoms in total. The number of anilines is 1. The van der Waals surface area contributed by atoms with Gasteiger partial charge in [-0.2, -0.15) is 0 Å². The van der Waals surface area contributed by atoms with Crippen LogP contribution in [-0.2, 0) is 18.3 Å². The predicted molar refractivity (Wildman–Crippen MR) is 135 cm³/mol. The van der Waals surface area contributed by atoms with Crippen molar-refractivity contribution in [1.29, 1.82) is 0 Å². The van der Waals surface area contributed by atoms with Gasteiger partial charge in [0.1, 0.15) is 5.82 Å². The number of likely N-dealkylation sites (tertiary alicyclic amines) is 1. The van der Waals surface area contributed by atoms with Gasteiger partial charge in [0.15, 0.2) is 0 Å². The zero-order valence-corrected chi connectivity index (χ0v) is 20.1. The average molecular weight is 470 g/mol. The quantitative estimate of drug-likeness (QED) is 0.434. The maximum atomic E-state index is 13.8. The lowest BCUT2D eigenvalue weighted by Crippen LogP contribution is -2.37. The Kier molecular flexibility index (Phi) is 7.40. The summed E-state index contributed by atoms with van der Waals surface area (Å²) in [6.07, 6.45) is 8.06. The maximum absolute atomic E-state index is 13.8. The molecule has 6 heteroatoms. The van der Waals surface area contributed by atoms with Crippen molar-refractivity contribution in [3.05, 3.63) is 65.6 Å². The number of halogens is 2. The van der Waals surface area contributed by atoms with Gasteiger partial charge in [-0.25, -0.2) is 4.39 Å². The number of aromatic nitrogens is 1. The number of hydrogen-bond acceptors (Lipinski definition) is 2. The normalized spacial score (nSPS) is 17.3. The van der Waals surface area contributed by atoms with Gasteiger partial charge in [-0.3, -0.25) is 4.79 Å². The van der Waals surface area contributed by atoms with Crippen molar-refractivity contribution in [3.63, 3.8) is 0 Å². The van der Waals surface area contributed by atoms with E-state index in [9.17, 15) is 9.18 Å². The molecule has 1 saturated heterocycles. The number of piperidine rings is 1. The van der Waals surface area contributed by atoms with Gasteiger partial charge < -0.3 is 14.4 Å². The van der Waals surface area contributed by atoms with E-state index in [2.05, 4.69) is 33.9 Å². The molecule has 0 N–H and O–H groups in total. The summed E-state index contributed by atoms with van der Waals surface area (Å²) in [5, 5.41) is 1.07. The third-order valence-electron chi connectivity index (χ3n) is 7.31. The molecule has 33 heavy (non-hydrogen) atoms. The number of carbonyl (C=O) groups excluding carboxylic acids is 1. The summed E-state index contributed by atoms with van der Waals surface area (Å²) in [6, 6.07) is 13.4. The number of rotatable bonds is 6. The van der Waals surface area contributed by atoms with Crippen molar-refractivity contribution in [1.82, 2.24) is 9.47 Å². The van der Waals surface area contributed by atoms with Crippen LogP contribution in [0.2, 0.25) is 0 Å². The lowest BCUT2D eigenvalue weighted by atomic mass is 9.89. The van der Waals surface area contributed by atoms with Gasteiger partial charge in [0.05, 0.1) is 0 Å². The topological polar surface area (TPSA) is 28.5 Å². The minimum atomic E-state index is -0.155. The highest BCUT2D eigenvalue weighted by Crippen LogP contribution is 2.34. The number of nitrogens with zero attached hydrogens (tertiary/aromatic N) is 3. The molecule has 1 fully saturated rings. The van der Waals surface area contributed by atoms with Gasteiger partial charge >= 0.3 is 0 Å². The first-order chi connectivity index (χ1) is 15.6. The monoisotopic (exact) mass is 469 g/mol. The minimum Gasteiger partial charge on any atom is -0.350 e. The molecule has 0 spiro atoms. The standard InChI is InChI=1S/C27H32FN3O.ClH/c1-29-19-24(23-18-22(28)9-10-26(23)29)20-12-16-30(17-13-20)14-4-5-15-31-25-7-3-2-6-21(25)8-11-27(31)32;/h2-3,6-7,9-10,18-20H,4-5,8,11-17H2,1H3;1H.